The fourth-order valence-electron chi connectivity index (χ4n) is 2.69. The van der Waals surface area contributed by atoms with Crippen molar-refractivity contribution in [2.45, 2.75) is 90.9 Å². The van der Waals surface area contributed by atoms with Crippen molar-refractivity contribution in [3.05, 3.63) is 24.3 Å². The summed E-state index contributed by atoms with van der Waals surface area (Å²) in [4.78, 5) is 0. The summed E-state index contributed by atoms with van der Waals surface area (Å²) in [5, 5.41) is 3.14. The molecule has 2 nitrogen and oxygen atoms in total. The van der Waals surface area contributed by atoms with Gasteiger partial charge in [0.15, 0.2) is 0 Å². The van der Waals surface area contributed by atoms with E-state index in [0.717, 1.165) is 38.5 Å². The van der Waals surface area contributed by atoms with Gasteiger partial charge in [0, 0.05) is 13.2 Å². The van der Waals surface area contributed by atoms with Gasteiger partial charge in [-0.05, 0) is 58.0 Å². The van der Waals surface area contributed by atoms with Crippen LogP contribution in [-0.2, 0) is 4.74 Å². The molecule has 0 bridgehead atoms. The van der Waals surface area contributed by atoms with Gasteiger partial charge in [0.2, 0.25) is 0 Å². The lowest BCUT2D eigenvalue weighted by molar-refractivity contribution is 0.127. The number of nitrogens with one attached hydrogen (secondary N) is 1. The maximum atomic E-state index is 5.61. The molecule has 0 aromatic carbocycles. The molecule has 1 unspecified atom stereocenters. The van der Waals surface area contributed by atoms with Crippen LogP contribution in [0.4, 0.5) is 0 Å². The summed E-state index contributed by atoms with van der Waals surface area (Å²) in [6, 6.07) is 0. The zero-order chi connectivity index (χ0) is 18.4. The lowest BCUT2D eigenvalue weighted by Crippen LogP contribution is -2.10. The van der Waals surface area contributed by atoms with Crippen LogP contribution in [0.15, 0.2) is 24.3 Å². The third-order valence-electron chi connectivity index (χ3n) is 4.72. The quantitative estimate of drug-likeness (QED) is 0.207. The Morgan fingerprint density at radius 1 is 0.800 bits per heavy atom. The molecule has 0 radical (unpaired) electrons. The van der Waals surface area contributed by atoms with Gasteiger partial charge in [-0.2, -0.15) is 0 Å². The molecule has 1 N–H and O–H groups in total. The van der Waals surface area contributed by atoms with Gasteiger partial charge < -0.3 is 10.1 Å². The van der Waals surface area contributed by atoms with Crippen molar-refractivity contribution in [3.63, 3.8) is 0 Å². The Hall–Kier alpha value is -0.600. The molecule has 0 saturated carbocycles. The number of allylic oxidation sites excluding steroid dienone is 4. The Balaban J connectivity index is 3.14. The van der Waals surface area contributed by atoms with Crippen LogP contribution in [0.25, 0.3) is 0 Å². The van der Waals surface area contributed by atoms with Crippen molar-refractivity contribution in [1.82, 2.24) is 5.32 Å². The molecule has 2 heteroatoms. The smallest absolute Gasteiger partial charge is 0.0478 e. The van der Waals surface area contributed by atoms with E-state index in [1.807, 2.05) is 7.05 Å². The molecule has 148 valence electrons. The Labute approximate surface area is 158 Å². The molecule has 0 spiro atoms. The van der Waals surface area contributed by atoms with E-state index in [1.54, 1.807) is 0 Å². The maximum absolute atomic E-state index is 5.61. The highest BCUT2D eigenvalue weighted by Gasteiger charge is 1.93. The van der Waals surface area contributed by atoms with E-state index in [9.17, 15) is 0 Å². The average Bonchev–Trinajstić information content (AvgIpc) is 2.63. The van der Waals surface area contributed by atoms with Gasteiger partial charge in [0.05, 0.1) is 0 Å². The van der Waals surface area contributed by atoms with E-state index in [-0.39, 0.29) is 0 Å². The minimum atomic E-state index is 0.830. The Morgan fingerprint density at radius 2 is 1.44 bits per heavy atom. The standard InChI is InChI=1S/C23H45NO/c1-4-23(2)19-16-14-12-10-8-6-5-7-9-11-13-15-17-21-25-22-18-20-24-3/h8,10,14,16,23-24H,4-7,9,11-13,15,17-22H2,1-3H3/b10-8-,16-14-. The van der Waals surface area contributed by atoms with E-state index in [2.05, 4.69) is 43.5 Å². The third kappa shape index (κ3) is 21.4. The molecule has 1 atom stereocenters. The van der Waals surface area contributed by atoms with Gasteiger partial charge >= 0.3 is 0 Å². The van der Waals surface area contributed by atoms with E-state index in [4.69, 9.17) is 4.74 Å². The van der Waals surface area contributed by atoms with Gasteiger partial charge in [0.25, 0.3) is 0 Å². The fraction of sp³-hybridized carbons (Fsp3) is 0.826. The summed E-state index contributed by atoms with van der Waals surface area (Å²) in [6.45, 7) is 7.49. The average molecular weight is 352 g/mol. The second-order valence-corrected chi connectivity index (χ2v) is 7.26. The summed E-state index contributed by atoms with van der Waals surface area (Å²) >= 11 is 0. The van der Waals surface area contributed by atoms with Crippen molar-refractivity contribution < 1.29 is 4.74 Å². The zero-order valence-corrected chi connectivity index (χ0v) is 17.4. The first-order valence-corrected chi connectivity index (χ1v) is 10.8. The predicted molar refractivity (Wildman–Crippen MR) is 113 cm³/mol. The Bertz CT molecular complexity index is 298. The van der Waals surface area contributed by atoms with Gasteiger partial charge in [-0.15, -0.1) is 0 Å². The SMILES string of the molecule is CCC(C)C/C=C\C/C=C\CCCCCCCCCOCCCNC. The molecule has 0 aromatic heterocycles. The summed E-state index contributed by atoms with van der Waals surface area (Å²) in [5.41, 5.74) is 0. The van der Waals surface area contributed by atoms with Crippen molar-refractivity contribution in [1.29, 1.82) is 0 Å². The molecule has 0 saturated heterocycles. The molecular formula is C23H45NO. The van der Waals surface area contributed by atoms with Crippen LogP contribution in [-0.4, -0.2) is 26.8 Å². The normalized spacial score (nSPS) is 13.2. The number of unbranched alkanes of at least 4 members (excludes halogenated alkanes) is 7. The summed E-state index contributed by atoms with van der Waals surface area (Å²) in [5.74, 6) is 0.830. The maximum Gasteiger partial charge on any atom is 0.0478 e. The van der Waals surface area contributed by atoms with Gasteiger partial charge in [-0.25, -0.2) is 0 Å². The second kappa shape index (κ2) is 21.4. The van der Waals surface area contributed by atoms with Crippen molar-refractivity contribution >= 4 is 0 Å². The fourth-order valence-corrected chi connectivity index (χ4v) is 2.69. The van der Waals surface area contributed by atoms with Crippen LogP contribution in [0.3, 0.4) is 0 Å². The molecule has 0 aliphatic carbocycles. The predicted octanol–water partition coefficient (Wildman–Crippen LogP) is 6.67. The van der Waals surface area contributed by atoms with Crippen LogP contribution in [0.5, 0.6) is 0 Å². The number of hydrogen-bond donors (Lipinski definition) is 1. The first kappa shape index (κ1) is 24.4. The summed E-state index contributed by atoms with van der Waals surface area (Å²) in [7, 11) is 1.99. The molecule has 0 aliphatic heterocycles. The first-order chi connectivity index (χ1) is 12.3. The number of rotatable bonds is 19. The highest BCUT2D eigenvalue weighted by atomic mass is 16.5. The Kier molecular flexibility index (Phi) is 20.9. The van der Waals surface area contributed by atoms with Crippen LogP contribution in [0.1, 0.15) is 90.9 Å². The van der Waals surface area contributed by atoms with Gasteiger partial charge in [-0.3, -0.25) is 0 Å². The van der Waals surface area contributed by atoms with Crippen LogP contribution in [0, 0.1) is 5.92 Å². The largest absolute Gasteiger partial charge is 0.381 e. The zero-order valence-electron chi connectivity index (χ0n) is 17.4. The molecule has 0 fully saturated rings. The Morgan fingerprint density at radius 3 is 2.16 bits per heavy atom. The monoisotopic (exact) mass is 351 g/mol. The third-order valence-corrected chi connectivity index (χ3v) is 4.72. The number of ether oxygens (including phenoxy) is 1. The molecule has 0 aromatic rings. The van der Waals surface area contributed by atoms with Crippen molar-refractivity contribution in [2.24, 2.45) is 5.92 Å². The van der Waals surface area contributed by atoms with E-state index >= 15 is 0 Å². The lowest BCUT2D eigenvalue weighted by Gasteiger charge is -2.04. The van der Waals surface area contributed by atoms with Crippen molar-refractivity contribution in [2.75, 3.05) is 26.8 Å². The van der Waals surface area contributed by atoms with E-state index in [1.165, 1.54) is 64.2 Å². The molecular weight excluding hydrogens is 306 g/mol. The molecule has 0 amide bonds. The molecule has 0 heterocycles. The van der Waals surface area contributed by atoms with E-state index < -0.39 is 0 Å². The van der Waals surface area contributed by atoms with Crippen LogP contribution in [0.2, 0.25) is 0 Å². The molecule has 0 aliphatic rings. The topological polar surface area (TPSA) is 21.3 Å². The second-order valence-electron chi connectivity index (χ2n) is 7.26. The van der Waals surface area contributed by atoms with Crippen LogP contribution >= 0.6 is 0 Å². The summed E-state index contributed by atoms with van der Waals surface area (Å²) < 4.78 is 5.61. The lowest BCUT2D eigenvalue weighted by atomic mass is 10.0. The molecule has 0 rings (SSSR count). The minimum Gasteiger partial charge on any atom is -0.381 e. The summed E-state index contributed by atoms with van der Waals surface area (Å²) in [6.07, 6.45) is 24.8. The minimum absolute atomic E-state index is 0.830. The molecule has 25 heavy (non-hydrogen) atoms. The van der Waals surface area contributed by atoms with E-state index in [0.29, 0.717) is 0 Å². The number of hydrogen-bond acceptors (Lipinski definition) is 2. The highest BCUT2D eigenvalue weighted by Crippen LogP contribution is 2.10. The van der Waals surface area contributed by atoms with Crippen LogP contribution < -0.4 is 5.32 Å². The van der Waals surface area contributed by atoms with Crippen molar-refractivity contribution in [3.8, 4) is 0 Å². The highest BCUT2D eigenvalue weighted by molar-refractivity contribution is 4.93. The van der Waals surface area contributed by atoms with Gasteiger partial charge in [-0.1, -0.05) is 76.7 Å². The first-order valence-electron chi connectivity index (χ1n) is 10.8. The van der Waals surface area contributed by atoms with Gasteiger partial charge in [0.1, 0.15) is 0 Å².